The minimum Gasteiger partial charge on any atom is -0.467 e. The fourth-order valence-corrected chi connectivity index (χ4v) is 2.68. The van der Waals surface area contributed by atoms with Crippen LogP contribution in [-0.2, 0) is 4.79 Å². The van der Waals surface area contributed by atoms with Gasteiger partial charge in [0.1, 0.15) is 6.33 Å². The second kappa shape index (κ2) is 7.04. The minimum atomic E-state index is -0.511. The lowest BCUT2D eigenvalue weighted by Gasteiger charge is -2.12. The number of amides is 3. The van der Waals surface area contributed by atoms with Crippen molar-refractivity contribution in [2.75, 3.05) is 6.61 Å². The van der Waals surface area contributed by atoms with Crippen LogP contribution >= 0.6 is 0 Å². The van der Waals surface area contributed by atoms with Crippen molar-refractivity contribution in [3.8, 4) is 5.88 Å². The molecule has 2 N–H and O–H groups in total. The van der Waals surface area contributed by atoms with Gasteiger partial charge in [-0.25, -0.2) is 14.8 Å². The molecule has 0 spiro atoms. The SMILES string of the molecule is O=C(COc1ncnc2ccccc12)NC(=O)NC1CCCC1. The Balaban J connectivity index is 1.52. The number of nitrogens with one attached hydrogen (secondary N) is 2. The van der Waals surface area contributed by atoms with Gasteiger partial charge < -0.3 is 10.1 Å². The Morgan fingerprint density at radius 1 is 1.17 bits per heavy atom. The molecule has 7 nitrogen and oxygen atoms in total. The van der Waals surface area contributed by atoms with Crippen molar-refractivity contribution in [3.05, 3.63) is 30.6 Å². The third-order valence-corrected chi connectivity index (χ3v) is 3.79. The van der Waals surface area contributed by atoms with E-state index in [0.717, 1.165) is 36.6 Å². The number of urea groups is 1. The van der Waals surface area contributed by atoms with Crippen LogP contribution in [0.3, 0.4) is 0 Å². The van der Waals surface area contributed by atoms with Gasteiger partial charge in [-0.3, -0.25) is 10.1 Å². The van der Waals surface area contributed by atoms with Gasteiger partial charge in [0.25, 0.3) is 5.91 Å². The number of hydrogen-bond acceptors (Lipinski definition) is 5. The quantitative estimate of drug-likeness (QED) is 0.897. The van der Waals surface area contributed by atoms with Gasteiger partial charge in [-0.2, -0.15) is 0 Å². The first kappa shape index (κ1) is 15.2. The number of para-hydroxylation sites is 1. The molecule has 0 radical (unpaired) electrons. The summed E-state index contributed by atoms with van der Waals surface area (Å²) >= 11 is 0. The third kappa shape index (κ3) is 3.94. The molecule has 3 amide bonds. The molecule has 1 aliphatic rings. The molecule has 0 atom stereocenters. The van der Waals surface area contributed by atoms with Gasteiger partial charge >= 0.3 is 6.03 Å². The zero-order chi connectivity index (χ0) is 16.1. The molecular formula is C16H18N4O3. The number of carbonyl (C=O) groups excluding carboxylic acids is 2. The summed E-state index contributed by atoms with van der Waals surface area (Å²) in [6, 6.07) is 7.04. The molecular weight excluding hydrogens is 296 g/mol. The van der Waals surface area contributed by atoms with Gasteiger partial charge in [-0.1, -0.05) is 25.0 Å². The molecule has 1 aromatic heterocycles. The summed E-state index contributed by atoms with van der Waals surface area (Å²) in [7, 11) is 0. The largest absolute Gasteiger partial charge is 0.467 e. The molecule has 1 heterocycles. The summed E-state index contributed by atoms with van der Waals surface area (Å²) in [5.41, 5.74) is 0.733. The van der Waals surface area contributed by atoms with E-state index in [-0.39, 0.29) is 12.6 Å². The second-order valence-electron chi connectivity index (χ2n) is 5.49. The highest BCUT2D eigenvalue weighted by Crippen LogP contribution is 2.20. The van der Waals surface area contributed by atoms with E-state index in [1.165, 1.54) is 6.33 Å². The molecule has 0 unspecified atom stereocenters. The van der Waals surface area contributed by atoms with Crippen LogP contribution in [0.15, 0.2) is 30.6 Å². The van der Waals surface area contributed by atoms with E-state index in [4.69, 9.17) is 4.74 Å². The number of ether oxygens (including phenoxy) is 1. The number of rotatable bonds is 4. The van der Waals surface area contributed by atoms with E-state index in [0.29, 0.717) is 5.88 Å². The topological polar surface area (TPSA) is 93.2 Å². The molecule has 0 saturated heterocycles. The van der Waals surface area contributed by atoms with Crippen molar-refractivity contribution in [1.29, 1.82) is 0 Å². The summed E-state index contributed by atoms with van der Waals surface area (Å²) in [6.45, 7) is -0.279. The van der Waals surface area contributed by atoms with Crippen LogP contribution in [0.2, 0.25) is 0 Å². The molecule has 1 aromatic carbocycles. The highest BCUT2D eigenvalue weighted by atomic mass is 16.5. The number of imide groups is 1. The number of carbonyl (C=O) groups is 2. The van der Waals surface area contributed by atoms with E-state index in [1.807, 2.05) is 24.3 Å². The number of benzene rings is 1. The normalized spacial score (nSPS) is 14.6. The molecule has 1 aliphatic carbocycles. The summed E-state index contributed by atoms with van der Waals surface area (Å²) in [5.74, 6) is -0.190. The lowest BCUT2D eigenvalue weighted by atomic mass is 10.2. The number of hydrogen-bond donors (Lipinski definition) is 2. The lowest BCUT2D eigenvalue weighted by molar-refractivity contribution is -0.122. The predicted molar refractivity (Wildman–Crippen MR) is 84.0 cm³/mol. The Hall–Kier alpha value is -2.70. The van der Waals surface area contributed by atoms with Crippen LogP contribution in [0.25, 0.3) is 10.9 Å². The minimum absolute atomic E-state index is 0.162. The first-order valence-electron chi connectivity index (χ1n) is 7.65. The average Bonchev–Trinajstić information content (AvgIpc) is 3.05. The van der Waals surface area contributed by atoms with Gasteiger partial charge in [0, 0.05) is 6.04 Å². The van der Waals surface area contributed by atoms with E-state index in [9.17, 15) is 9.59 Å². The molecule has 1 fully saturated rings. The van der Waals surface area contributed by atoms with Crippen molar-refractivity contribution in [2.24, 2.45) is 0 Å². The van der Waals surface area contributed by atoms with Crippen LogP contribution in [0.1, 0.15) is 25.7 Å². The maximum Gasteiger partial charge on any atom is 0.321 e. The molecule has 0 bridgehead atoms. The van der Waals surface area contributed by atoms with Crippen LogP contribution in [0.5, 0.6) is 5.88 Å². The Kier molecular flexibility index (Phi) is 4.65. The smallest absolute Gasteiger partial charge is 0.321 e. The van der Waals surface area contributed by atoms with Gasteiger partial charge in [0.2, 0.25) is 5.88 Å². The van der Waals surface area contributed by atoms with Gasteiger partial charge in [0.05, 0.1) is 10.9 Å². The van der Waals surface area contributed by atoms with Crippen LogP contribution in [-0.4, -0.2) is 34.6 Å². The standard InChI is InChI=1S/C16H18N4O3/c21-14(20-16(22)19-11-5-1-2-6-11)9-23-15-12-7-3-4-8-13(12)17-10-18-15/h3-4,7-8,10-11H,1-2,5-6,9H2,(H2,19,20,21,22). The first-order valence-corrected chi connectivity index (χ1v) is 7.65. The van der Waals surface area contributed by atoms with Gasteiger partial charge in [0.15, 0.2) is 6.61 Å². The Morgan fingerprint density at radius 2 is 1.96 bits per heavy atom. The van der Waals surface area contributed by atoms with E-state index in [2.05, 4.69) is 20.6 Å². The Morgan fingerprint density at radius 3 is 2.78 bits per heavy atom. The molecule has 0 aliphatic heterocycles. The van der Waals surface area contributed by atoms with Crippen molar-refractivity contribution in [3.63, 3.8) is 0 Å². The van der Waals surface area contributed by atoms with Crippen molar-refractivity contribution >= 4 is 22.8 Å². The molecule has 7 heteroatoms. The average molecular weight is 314 g/mol. The van der Waals surface area contributed by atoms with Crippen molar-refractivity contribution < 1.29 is 14.3 Å². The van der Waals surface area contributed by atoms with Gasteiger partial charge in [-0.15, -0.1) is 0 Å². The summed E-state index contributed by atoms with van der Waals surface area (Å²) < 4.78 is 5.41. The van der Waals surface area contributed by atoms with E-state index >= 15 is 0 Å². The molecule has 3 rings (SSSR count). The number of fused-ring (bicyclic) bond motifs is 1. The Bertz CT molecular complexity index is 708. The third-order valence-electron chi connectivity index (χ3n) is 3.79. The zero-order valence-corrected chi connectivity index (χ0v) is 12.6. The van der Waals surface area contributed by atoms with Crippen molar-refractivity contribution in [2.45, 2.75) is 31.7 Å². The molecule has 2 aromatic rings. The fraction of sp³-hybridized carbons (Fsp3) is 0.375. The monoisotopic (exact) mass is 314 g/mol. The van der Waals surface area contributed by atoms with Crippen LogP contribution in [0.4, 0.5) is 4.79 Å². The summed E-state index contributed by atoms with van der Waals surface area (Å²) in [6.07, 6.45) is 5.53. The van der Waals surface area contributed by atoms with Crippen LogP contribution in [0, 0.1) is 0 Å². The van der Waals surface area contributed by atoms with E-state index < -0.39 is 11.9 Å². The van der Waals surface area contributed by atoms with Crippen LogP contribution < -0.4 is 15.4 Å². The second-order valence-corrected chi connectivity index (χ2v) is 5.49. The highest BCUT2D eigenvalue weighted by molar-refractivity contribution is 5.95. The number of aromatic nitrogens is 2. The first-order chi connectivity index (χ1) is 11.2. The predicted octanol–water partition coefficient (Wildman–Crippen LogP) is 1.78. The molecule has 23 heavy (non-hydrogen) atoms. The molecule has 120 valence electrons. The van der Waals surface area contributed by atoms with Crippen molar-refractivity contribution in [1.82, 2.24) is 20.6 Å². The van der Waals surface area contributed by atoms with E-state index in [1.54, 1.807) is 0 Å². The zero-order valence-electron chi connectivity index (χ0n) is 12.6. The number of nitrogens with zero attached hydrogens (tertiary/aromatic N) is 2. The lowest BCUT2D eigenvalue weighted by Crippen LogP contribution is -2.45. The summed E-state index contributed by atoms with van der Waals surface area (Å²) in [4.78, 5) is 31.7. The maximum atomic E-state index is 11.8. The van der Waals surface area contributed by atoms with Gasteiger partial charge in [-0.05, 0) is 25.0 Å². The maximum absolute atomic E-state index is 11.8. The Labute approximate surface area is 133 Å². The molecule has 1 saturated carbocycles. The summed E-state index contributed by atoms with van der Waals surface area (Å²) in [5, 5.41) is 5.77. The fourth-order valence-electron chi connectivity index (χ4n) is 2.68. The highest BCUT2D eigenvalue weighted by Gasteiger charge is 2.18.